The number of nitrogens with one attached hydrogen (secondary N) is 1. The first kappa shape index (κ1) is 15.3. The third-order valence-corrected chi connectivity index (χ3v) is 4.88. The largest absolute Gasteiger partial charge is 0.379 e. The zero-order valence-corrected chi connectivity index (χ0v) is 13.3. The van der Waals surface area contributed by atoms with Gasteiger partial charge in [0, 0.05) is 24.2 Å². The molecule has 0 bridgehead atoms. The summed E-state index contributed by atoms with van der Waals surface area (Å²) in [7, 11) is 0. The van der Waals surface area contributed by atoms with Crippen molar-refractivity contribution in [3.63, 3.8) is 0 Å². The van der Waals surface area contributed by atoms with E-state index in [4.69, 9.17) is 16.3 Å². The molecule has 0 radical (unpaired) electrons. The van der Waals surface area contributed by atoms with Crippen LogP contribution in [-0.4, -0.2) is 50.3 Å². The second-order valence-corrected chi connectivity index (χ2v) is 6.62. The molecule has 3 nitrogen and oxygen atoms in total. The van der Waals surface area contributed by atoms with Gasteiger partial charge in [0.2, 0.25) is 0 Å². The summed E-state index contributed by atoms with van der Waals surface area (Å²) in [6.07, 6.45) is 3.73. The lowest BCUT2D eigenvalue weighted by atomic mass is 9.76. The Morgan fingerprint density at radius 3 is 2.81 bits per heavy atom. The van der Waals surface area contributed by atoms with Gasteiger partial charge in [-0.15, -0.1) is 0 Å². The summed E-state index contributed by atoms with van der Waals surface area (Å²) in [5.41, 5.74) is 1.40. The van der Waals surface area contributed by atoms with Crippen molar-refractivity contribution >= 4 is 11.6 Å². The predicted molar refractivity (Wildman–Crippen MR) is 87.1 cm³/mol. The van der Waals surface area contributed by atoms with Gasteiger partial charge < -0.3 is 10.1 Å². The topological polar surface area (TPSA) is 24.5 Å². The number of ether oxygens (including phenoxy) is 1. The predicted octanol–water partition coefficient (Wildman–Crippen LogP) is 2.90. The summed E-state index contributed by atoms with van der Waals surface area (Å²) < 4.78 is 5.37. The van der Waals surface area contributed by atoms with E-state index in [0.717, 1.165) is 37.9 Å². The lowest BCUT2D eigenvalue weighted by Gasteiger charge is -2.36. The van der Waals surface area contributed by atoms with Crippen LogP contribution >= 0.6 is 11.6 Å². The fraction of sp³-hybridized carbons (Fsp3) is 0.647. The molecule has 2 fully saturated rings. The molecule has 1 saturated carbocycles. The van der Waals surface area contributed by atoms with Gasteiger partial charge in [0.15, 0.2) is 0 Å². The van der Waals surface area contributed by atoms with Crippen molar-refractivity contribution in [1.29, 1.82) is 0 Å². The minimum absolute atomic E-state index is 0.693. The molecule has 0 atom stereocenters. The molecule has 0 unspecified atom stereocenters. The monoisotopic (exact) mass is 308 g/mol. The average Bonchev–Trinajstić information content (AvgIpc) is 2.46. The Labute approximate surface area is 132 Å². The highest BCUT2D eigenvalue weighted by molar-refractivity contribution is 6.30. The third kappa shape index (κ3) is 4.43. The molecule has 1 aliphatic heterocycles. The number of hydrogen-bond acceptors (Lipinski definition) is 3. The zero-order chi connectivity index (χ0) is 14.5. The van der Waals surface area contributed by atoms with E-state index in [1.54, 1.807) is 0 Å². The molecule has 0 spiro atoms. The van der Waals surface area contributed by atoms with E-state index in [-0.39, 0.29) is 0 Å². The first-order valence-electron chi connectivity index (χ1n) is 8.10. The van der Waals surface area contributed by atoms with Crippen LogP contribution in [0.1, 0.15) is 30.7 Å². The molecule has 1 N–H and O–H groups in total. The summed E-state index contributed by atoms with van der Waals surface area (Å²) in [6, 6.07) is 9.01. The molecule has 2 aliphatic rings. The van der Waals surface area contributed by atoms with Crippen LogP contribution in [0.3, 0.4) is 0 Å². The number of hydrogen-bond donors (Lipinski definition) is 1. The summed E-state index contributed by atoms with van der Waals surface area (Å²) in [5, 5.41) is 4.54. The lowest BCUT2D eigenvalue weighted by molar-refractivity contribution is 0.0372. The van der Waals surface area contributed by atoms with Crippen molar-refractivity contribution in [3.8, 4) is 0 Å². The smallest absolute Gasteiger partial charge is 0.0594 e. The van der Waals surface area contributed by atoms with Gasteiger partial charge in [-0.05, 0) is 56.0 Å². The van der Waals surface area contributed by atoms with Crippen LogP contribution in [0.4, 0.5) is 0 Å². The minimum atomic E-state index is 0.693. The SMILES string of the molecule is Clc1cccc(C2CC(NCCCN3CCOCC3)C2)c1. The van der Waals surface area contributed by atoms with Crippen molar-refractivity contribution in [2.75, 3.05) is 39.4 Å². The summed E-state index contributed by atoms with van der Waals surface area (Å²) in [4.78, 5) is 2.50. The van der Waals surface area contributed by atoms with E-state index in [2.05, 4.69) is 28.4 Å². The van der Waals surface area contributed by atoms with Gasteiger partial charge in [-0.2, -0.15) is 0 Å². The van der Waals surface area contributed by atoms with Gasteiger partial charge >= 0.3 is 0 Å². The molecular formula is C17H25ClN2O. The molecule has 1 aromatic carbocycles. The second-order valence-electron chi connectivity index (χ2n) is 6.18. The zero-order valence-electron chi connectivity index (χ0n) is 12.6. The van der Waals surface area contributed by atoms with Crippen molar-refractivity contribution in [2.45, 2.75) is 31.2 Å². The molecular weight excluding hydrogens is 284 g/mol. The summed E-state index contributed by atoms with van der Waals surface area (Å²) in [6.45, 7) is 6.32. The van der Waals surface area contributed by atoms with Crippen LogP contribution < -0.4 is 5.32 Å². The fourth-order valence-electron chi connectivity index (χ4n) is 3.25. The number of nitrogens with zero attached hydrogens (tertiary/aromatic N) is 1. The Morgan fingerprint density at radius 1 is 1.24 bits per heavy atom. The van der Waals surface area contributed by atoms with E-state index >= 15 is 0 Å². The van der Waals surface area contributed by atoms with E-state index in [1.807, 2.05) is 6.07 Å². The number of benzene rings is 1. The molecule has 4 heteroatoms. The third-order valence-electron chi connectivity index (χ3n) is 4.65. The highest BCUT2D eigenvalue weighted by Crippen LogP contribution is 2.37. The highest BCUT2D eigenvalue weighted by Gasteiger charge is 2.29. The van der Waals surface area contributed by atoms with Crippen molar-refractivity contribution in [2.24, 2.45) is 0 Å². The minimum Gasteiger partial charge on any atom is -0.379 e. The lowest BCUT2D eigenvalue weighted by Crippen LogP contribution is -2.42. The standard InChI is InChI=1S/C17H25ClN2O/c18-16-4-1-3-14(11-16)15-12-17(13-15)19-5-2-6-20-7-9-21-10-8-20/h1,3-4,11,15,17,19H,2,5-10,12-13H2. The number of morpholine rings is 1. The van der Waals surface area contributed by atoms with Gasteiger partial charge in [0.1, 0.15) is 0 Å². The van der Waals surface area contributed by atoms with Crippen molar-refractivity contribution < 1.29 is 4.74 Å². The van der Waals surface area contributed by atoms with Gasteiger partial charge in [0.25, 0.3) is 0 Å². The molecule has 1 aromatic rings. The van der Waals surface area contributed by atoms with Crippen molar-refractivity contribution in [1.82, 2.24) is 10.2 Å². The average molecular weight is 309 g/mol. The maximum atomic E-state index is 6.05. The quantitative estimate of drug-likeness (QED) is 0.818. The van der Waals surface area contributed by atoms with Gasteiger partial charge in [0.05, 0.1) is 13.2 Å². The Kier molecular flexibility index (Phi) is 5.53. The summed E-state index contributed by atoms with van der Waals surface area (Å²) in [5.74, 6) is 0.695. The second kappa shape index (κ2) is 7.59. The van der Waals surface area contributed by atoms with Gasteiger partial charge in [-0.1, -0.05) is 23.7 Å². The van der Waals surface area contributed by atoms with Crippen LogP contribution in [0, 0.1) is 0 Å². The molecule has 0 aromatic heterocycles. The first-order chi connectivity index (χ1) is 10.3. The molecule has 0 amide bonds. The van der Waals surface area contributed by atoms with Gasteiger partial charge in [-0.3, -0.25) is 4.90 Å². The molecule has 1 saturated heterocycles. The fourth-order valence-corrected chi connectivity index (χ4v) is 3.45. The van der Waals surface area contributed by atoms with Crippen LogP contribution in [0.2, 0.25) is 5.02 Å². The molecule has 21 heavy (non-hydrogen) atoms. The van der Waals surface area contributed by atoms with Gasteiger partial charge in [-0.25, -0.2) is 0 Å². The normalized spacial score (nSPS) is 26.5. The Hall–Kier alpha value is -0.610. The van der Waals surface area contributed by atoms with Crippen LogP contribution in [-0.2, 0) is 4.74 Å². The molecule has 116 valence electrons. The Balaban J connectivity index is 1.28. The number of halogens is 1. The highest BCUT2D eigenvalue weighted by atomic mass is 35.5. The molecule has 1 aliphatic carbocycles. The van der Waals surface area contributed by atoms with E-state index in [9.17, 15) is 0 Å². The maximum absolute atomic E-state index is 6.05. The van der Waals surface area contributed by atoms with Crippen LogP contribution in [0.15, 0.2) is 24.3 Å². The number of rotatable bonds is 6. The van der Waals surface area contributed by atoms with E-state index in [1.165, 1.54) is 31.4 Å². The van der Waals surface area contributed by atoms with E-state index < -0.39 is 0 Å². The first-order valence-corrected chi connectivity index (χ1v) is 8.48. The molecule has 1 heterocycles. The Bertz CT molecular complexity index is 442. The van der Waals surface area contributed by atoms with Crippen molar-refractivity contribution in [3.05, 3.63) is 34.9 Å². The summed E-state index contributed by atoms with van der Waals surface area (Å²) >= 11 is 6.05. The van der Waals surface area contributed by atoms with Crippen LogP contribution in [0.5, 0.6) is 0 Å². The maximum Gasteiger partial charge on any atom is 0.0594 e. The van der Waals surface area contributed by atoms with E-state index in [0.29, 0.717) is 12.0 Å². The Morgan fingerprint density at radius 2 is 2.05 bits per heavy atom. The molecule has 3 rings (SSSR count). The van der Waals surface area contributed by atoms with Crippen LogP contribution in [0.25, 0.3) is 0 Å².